The highest BCUT2D eigenvalue weighted by molar-refractivity contribution is 9.10. The van der Waals surface area contributed by atoms with Crippen LogP contribution >= 0.6 is 27.5 Å². The van der Waals surface area contributed by atoms with E-state index in [0.29, 0.717) is 0 Å². The van der Waals surface area contributed by atoms with Crippen LogP contribution in [0.3, 0.4) is 0 Å². The Labute approximate surface area is 144 Å². The second-order valence-electron chi connectivity index (χ2n) is 5.32. The lowest BCUT2D eigenvalue weighted by atomic mass is 10.1. The first-order chi connectivity index (χ1) is 10.5. The van der Waals surface area contributed by atoms with E-state index in [1.54, 1.807) is 0 Å². The van der Waals surface area contributed by atoms with E-state index in [4.69, 9.17) is 11.6 Å². The number of nitrogens with one attached hydrogen (secondary N) is 1. The summed E-state index contributed by atoms with van der Waals surface area (Å²) in [5, 5.41) is 5.68. The fourth-order valence-electron chi connectivity index (χ4n) is 2.19. The number of nitrogens with two attached hydrogens (primary N) is 1. The molecule has 2 aromatic rings. The number of carbonyl (C=O) groups excluding carboxylic acids is 1. The van der Waals surface area contributed by atoms with Gasteiger partial charge in [0.1, 0.15) is 6.04 Å². The molecule has 0 aliphatic heterocycles. The van der Waals surface area contributed by atoms with Gasteiger partial charge in [0.15, 0.2) is 6.04 Å². The van der Waals surface area contributed by atoms with Crippen LogP contribution in [0.15, 0.2) is 53.0 Å². The van der Waals surface area contributed by atoms with Crippen molar-refractivity contribution in [1.29, 1.82) is 0 Å². The largest absolute Gasteiger partial charge is 0.330 e. The van der Waals surface area contributed by atoms with Crippen LogP contribution in [0.2, 0.25) is 5.02 Å². The van der Waals surface area contributed by atoms with Crippen LogP contribution in [-0.4, -0.2) is 11.9 Å². The van der Waals surface area contributed by atoms with E-state index in [-0.39, 0.29) is 18.0 Å². The summed E-state index contributed by atoms with van der Waals surface area (Å²) >= 11 is 9.27. The van der Waals surface area contributed by atoms with Crippen molar-refractivity contribution in [3.63, 3.8) is 0 Å². The molecule has 3 N–H and O–H groups in total. The van der Waals surface area contributed by atoms with E-state index in [9.17, 15) is 4.79 Å². The topological polar surface area (TPSA) is 45.7 Å². The van der Waals surface area contributed by atoms with Crippen molar-refractivity contribution in [2.24, 2.45) is 0 Å². The first-order valence-corrected chi connectivity index (χ1v) is 8.29. The van der Waals surface area contributed by atoms with Crippen molar-refractivity contribution in [1.82, 2.24) is 0 Å². The summed E-state index contributed by atoms with van der Waals surface area (Å²) in [4.78, 5) is 12.2. The number of halogens is 2. The Balaban J connectivity index is 1.93. The Bertz CT molecular complexity index is 628. The molecule has 5 heteroatoms. The van der Waals surface area contributed by atoms with Gasteiger partial charge in [-0.25, -0.2) is 0 Å². The van der Waals surface area contributed by atoms with Gasteiger partial charge in [0.25, 0.3) is 5.91 Å². The molecule has 0 spiro atoms. The third-order valence-electron chi connectivity index (χ3n) is 3.50. The Morgan fingerprint density at radius 2 is 1.68 bits per heavy atom. The predicted molar refractivity (Wildman–Crippen MR) is 94.0 cm³/mol. The number of quaternary nitrogens is 1. The summed E-state index contributed by atoms with van der Waals surface area (Å²) in [7, 11) is 0. The third kappa shape index (κ3) is 4.83. The third-order valence-corrected chi connectivity index (χ3v) is 4.28. The molecular formula is C17H19BrClN2O+. The van der Waals surface area contributed by atoms with E-state index in [0.717, 1.165) is 20.7 Å². The van der Waals surface area contributed by atoms with Gasteiger partial charge in [-0.3, -0.25) is 4.79 Å². The Morgan fingerprint density at radius 3 is 2.27 bits per heavy atom. The minimum atomic E-state index is -0.186. The Hall–Kier alpha value is -1.36. The maximum absolute atomic E-state index is 12.2. The average molecular weight is 383 g/mol. The zero-order valence-corrected chi connectivity index (χ0v) is 14.9. The molecule has 2 rings (SSSR count). The summed E-state index contributed by atoms with van der Waals surface area (Å²) in [6, 6.07) is 15.3. The predicted octanol–water partition coefficient (Wildman–Crippen LogP) is 3.75. The number of hydrogen-bond acceptors (Lipinski definition) is 1. The van der Waals surface area contributed by atoms with Crippen LogP contribution in [0.4, 0.5) is 5.69 Å². The smallest absolute Gasteiger partial charge is 0.282 e. The summed E-state index contributed by atoms with van der Waals surface area (Å²) < 4.78 is 0.987. The van der Waals surface area contributed by atoms with Crippen molar-refractivity contribution in [3.8, 4) is 0 Å². The van der Waals surface area contributed by atoms with Crippen molar-refractivity contribution in [3.05, 3.63) is 63.6 Å². The van der Waals surface area contributed by atoms with Crippen molar-refractivity contribution >= 4 is 39.1 Å². The molecule has 0 fully saturated rings. The van der Waals surface area contributed by atoms with Gasteiger partial charge in [-0.1, -0.05) is 39.7 Å². The van der Waals surface area contributed by atoms with Gasteiger partial charge in [-0.2, -0.15) is 0 Å². The zero-order chi connectivity index (χ0) is 16.1. The van der Waals surface area contributed by atoms with Crippen LogP contribution < -0.4 is 10.6 Å². The lowest BCUT2D eigenvalue weighted by Crippen LogP contribution is -2.91. The molecule has 0 aliphatic rings. The second-order valence-corrected chi connectivity index (χ2v) is 6.67. The highest BCUT2D eigenvalue weighted by Gasteiger charge is 2.20. The van der Waals surface area contributed by atoms with Gasteiger partial charge in [0.05, 0.1) is 0 Å². The lowest BCUT2D eigenvalue weighted by Gasteiger charge is -2.17. The molecule has 3 nitrogen and oxygen atoms in total. The van der Waals surface area contributed by atoms with E-state index < -0.39 is 0 Å². The lowest BCUT2D eigenvalue weighted by molar-refractivity contribution is -0.709. The molecule has 2 aromatic carbocycles. The fourth-order valence-corrected chi connectivity index (χ4v) is 2.58. The molecule has 0 aliphatic carbocycles. The Kier molecular flexibility index (Phi) is 6.00. The van der Waals surface area contributed by atoms with E-state index in [1.807, 2.05) is 60.8 Å². The van der Waals surface area contributed by atoms with E-state index >= 15 is 0 Å². The molecule has 0 bridgehead atoms. The first kappa shape index (κ1) is 17.0. The molecule has 0 saturated heterocycles. The number of carbonyl (C=O) groups is 1. The van der Waals surface area contributed by atoms with Gasteiger partial charge in [0, 0.05) is 20.7 Å². The molecule has 0 unspecified atom stereocenters. The monoisotopic (exact) mass is 381 g/mol. The van der Waals surface area contributed by atoms with Gasteiger partial charge in [0.2, 0.25) is 0 Å². The van der Waals surface area contributed by atoms with Crippen LogP contribution in [0.5, 0.6) is 0 Å². The number of anilines is 1. The minimum absolute atomic E-state index is 0.0110. The van der Waals surface area contributed by atoms with Crippen LogP contribution in [-0.2, 0) is 4.79 Å². The summed E-state index contributed by atoms with van der Waals surface area (Å²) in [6.07, 6.45) is 0. The van der Waals surface area contributed by atoms with Crippen LogP contribution in [0, 0.1) is 0 Å². The van der Waals surface area contributed by atoms with E-state index in [2.05, 4.69) is 28.2 Å². The molecule has 1 amide bonds. The van der Waals surface area contributed by atoms with Crippen molar-refractivity contribution < 1.29 is 10.1 Å². The Morgan fingerprint density at radius 1 is 1.09 bits per heavy atom. The fraction of sp³-hybridized carbons (Fsp3) is 0.235. The highest BCUT2D eigenvalue weighted by atomic mass is 79.9. The molecule has 0 heterocycles. The average Bonchev–Trinajstić information content (AvgIpc) is 2.50. The van der Waals surface area contributed by atoms with Crippen molar-refractivity contribution in [2.75, 3.05) is 5.32 Å². The molecular weight excluding hydrogens is 364 g/mol. The first-order valence-electron chi connectivity index (χ1n) is 7.12. The van der Waals surface area contributed by atoms with E-state index in [1.165, 1.54) is 0 Å². The molecule has 22 heavy (non-hydrogen) atoms. The van der Waals surface area contributed by atoms with Crippen LogP contribution in [0.1, 0.15) is 25.5 Å². The zero-order valence-electron chi connectivity index (χ0n) is 12.5. The standard InChI is InChI=1S/C17H18BrClN2O/c1-11(13-3-7-15(19)8-4-13)20-12(2)17(22)21-16-9-5-14(18)6-10-16/h3-12,20H,1-2H3,(H,21,22)/p+1/t11-,12+/m0/s1. The van der Waals surface area contributed by atoms with Crippen LogP contribution in [0.25, 0.3) is 0 Å². The highest BCUT2D eigenvalue weighted by Crippen LogP contribution is 2.15. The van der Waals surface area contributed by atoms with Gasteiger partial charge in [-0.15, -0.1) is 0 Å². The summed E-state index contributed by atoms with van der Waals surface area (Å²) in [5.41, 5.74) is 1.94. The number of benzene rings is 2. The minimum Gasteiger partial charge on any atom is -0.330 e. The normalized spacial score (nSPS) is 13.5. The summed E-state index contributed by atoms with van der Waals surface area (Å²) in [6.45, 7) is 3.98. The van der Waals surface area contributed by atoms with Gasteiger partial charge >= 0.3 is 0 Å². The number of amides is 1. The maximum Gasteiger partial charge on any atom is 0.282 e. The molecule has 116 valence electrons. The quantitative estimate of drug-likeness (QED) is 0.812. The van der Waals surface area contributed by atoms with Crippen molar-refractivity contribution in [2.45, 2.75) is 25.9 Å². The molecule has 0 saturated carbocycles. The SMILES string of the molecule is C[C@H]([NH2+][C@H](C)C(=O)Nc1ccc(Br)cc1)c1ccc(Cl)cc1. The molecule has 0 radical (unpaired) electrons. The maximum atomic E-state index is 12.2. The number of hydrogen-bond donors (Lipinski definition) is 2. The molecule has 2 atom stereocenters. The second kappa shape index (κ2) is 7.77. The number of rotatable bonds is 5. The summed E-state index contributed by atoms with van der Waals surface area (Å²) in [5.74, 6) is -0.0110. The van der Waals surface area contributed by atoms with Gasteiger partial charge < -0.3 is 10.6 Å². The van der Waals surface area contributed by atoms with Gasteiger partial charge in [-0.05, 0) is 50.2 Å². The molecule has 0 aromatic heterocycles.